The predicted octanol–water partition coefficient (Wildman–Crippen LogP) is 4.41. The number of aryl methyl sites for hydroxylation is 1. The molecule has 2 aliphatic carbocycles. The molecule has 2 heterocycles. The minimum atomic E-state index is -1.26. The number of benzene rings is 1. The summed E-state index contributed by atoms with van der Waals surface area (Å²) in [5, 5.41) is 9.47. The molecule has 2 saturated carbocycles. The Morgan fingerprint density at radius 1 is 1.12 bits per heavy atom. The van der Waals surface area contributed by atoms with Crippen LogP contribution >= 0.6 is 0 Å². The van der Waals surface area contributed by atoms with E-state index in [2.05, 4.69) is 23.7 Å². The van der Waals surface area contributed by atoms with Crippen molar-refractivity contribution in [2.45, 2.75) is 77.4 Å². The molecule has 3 fully saturated rings. The topological polar surface area (TPSA) is 75.4 Å². The Labute approximate surface area is 189 Å². The van der Waals surface area contributed by atoms with E-state index in [0.29, 0.717) is 24.1 Å². The van der Waals surface area contributed by atoms with Gasteiger partial charge in [0.2, 0.25) is 5.69 Å². The van der Waals surface area contributed by atoms with Crippen molar-refractivity contribution in [1.82, 2.24) is 14.5 Å². The van der Waals surface area contributed by atoms with Gasteiger partial charge in [-0.3, -0.25) is 9.69 Å². The lowest BCUT2D eigenvalue weighted by atomic mass is 9.48. The Kier molecular flexibility index (Phi) is 5.82. The summed E-state index contributed by atoms with van der Waals surface area (Å²) in [4.78, 5) is 31.3. The second kappa shape index (κ2) is 8.62. The van der Waals surface area contributed by atoms with Crippen LogP contribution in [-0.4, -0.2) is 44.2 Å². The number of carboxylic acids is 1. The molecule has 1 saturated heterocycles. The molecule has 1 aromatic heterocycles. The van der Waals surface area contributed by atoms with Crippen LogP contribution in [0.2, 0.25) is 0 Å². The maximum Gasteiger partial charge on any atom is 0.360 e. The summed E-state index contributed by atoms with van der Waals surface area (Å²) in [6, 6.07) is 8.37. The summed E-state index contributed by atoms with van der Waals surface area (Å²) in [5.41, 5.74) is 0.405. The molecule has 32 heavy (non-hydrogen) atoms. The van der Waals surface area contributed by atoms with Crippen molar-refractivity contribution < 1.29 is 9.90 Å². The van der Waals surface area contributed by atoms with Crippen molar-refractivity contribution in [3.63, 3.8) is 0 Å². The number of rotatable bonds is 7. The third-order valence-electron chi connectivity index (χ3n) is 8.72. The Bertz CT molecular complexity index is 1060. The van der Waals surface area contributed by atoms with Gasteiger partial charge in [0.05, 0.1) is 11.0 Å². The summed E-state index contributed by atoms with van der Waals surface area (Å²) >= 11 is 0. The average Bonchev–Trinajstić information content (AvgIpc) is 2.75. The molecule has 6 nitrogen and oxygen atoms in total. The summed E-state index contributed by atoms with van der Waals surface area (Å²) in [6.07, 6.45) is 8.65. The van der Waals surface area contributed by atoms with Crippen LogP contribution in [0.4, 0.5) is 0 Å². The fourth-order valence-corrected chi connectivity index (χ4v) is 7.02. The van der Waals surface area contributed by atoms with Gasteiger partial charge >= 0.3 is 5.97 Å². The maximum atomic E-state index is 12.9. The van der Waals surface area contributed by atoms with Crippen LogP contribution in [0.1, 0.15) is 69.3 Å². The number of aromatic nitrogens is 2. The molecule has 2 aromatic rings. The fourth-order valence-electron chi connectivity index (χ4n) is 7.02. The number of hydrogen-bond acceptors (Lipinski definition) is 4. The molecule has 0 spiro atoms. The molecule has 0 bridgehead atoms. The van der Waals surface area contributed by atoms with Crippen LogP contribution < -0.4 is 5.56 Å². The molecular formula is C26H35N3O3. The number of likely N-dealkylation sites (tertiary alicyclic amines) is 1. The molecule has 0 radical (unpaired) electrons. The normalized spacial score (nSPS) is 32.2. The Morgan fingerprint density at radius 3 is 2.69 bits per heavy atom. The largest absolute Gasteiger partial charge is 0.476 e. The number of carbonyl (C=O) groups is 1. The van der Waals surface area contributed by atoms with Gasteiger partial charge in [-0.2, -0.15) is 0 Å². The highest BCUT2D eigenvalue weighted by Crippen LogP contribution is 2.58. The number of aromatic carboxylic acids is 1. The van der Waals surface area contributed by atoms with E-state index in [1.165, 1.54) is 32.1 Å². The third-order valence-corrected chi connectivity index (χ3v) is 8.72. The van der Waals surface area contributed by atoms with Crippen molar-refractivity contribution >= 4 is 17.0 Å². The van der Waals surface area contributed by atoms with Gasteiger partial charge in [-0.25, -0.2) is 9.78 Å². The minimum Gasteiger partial charge on any atom is -0.476 e. The van der Waals surface area contributed by atoms with E-state index in [1.807, 2.05) is 18.2 Å². The highest BCUT2D eigenvalue weighted by molar-refractivity contribution is 5.88. The molecule has 0 amide bonds. The van der Waals surface area contributed by atoms with Gasteiger partial charge in [-0.15, -0.1) is 0 Å². The van der Waals surface area contributed by atoms with Crippen molar-refractivity contribution in [3.05, 3.63) is 40.3 Å². The van der Waals surface area contributed by atoms with E-state index >= 15 is 0 Å². The number of carboxylic acid groups (broad SMARTS) is 1. The number of fused-ring (bicyclic) bond motifs is 2. The molecule has 1 aromatic carbocycles. The van der Waals surface area contributed by atoms with Gasteiger partial charge < -0.3 is 9.67 Å². The zero-order chi connectivity index (χ0) is 22.4. The van der Waals surface area contributed by atoms with E-state index in [9.17, 15) is 14.7 Å². The molecular weight excluding hydrogens is 402 g/mol. The highest BCUT2D eigenvalue weighted by atomic mass is 16.4. The molecule has 6 atom stereocenters. The Balaban J connectivity index is 1.31. The maximum absolute atomic E-state index is 12.9. The van der Waals surface area contributed by atoms with Crippen LogP contribution in [0.25, 0.3) is 11.0 Å². The Hall–Kier alpha value is -2.21. The van der Waals surface area contributed by atoms with Crippen LogP contribution in [0.3, 0.4) is 0 Å². The second-order valence-electron chi connectivity index (χ2n) is 10.5. The van der Waals surface area contributed by atoms with Crippen LogP contribution in [0.15, 0.2) is 29.1 Å². The lowest BCUT2D eigenvalue weighted by Crippen LogP contribution is -2.52. The van der Waals surface area contributed by atoms with Gasteiger partial charge in [0.1, 0.15) is 0 Å². The van der Waals surface area contributed by atoms with Gasteiger partial charge in [0.15, 0.2) is 0 Å². The smallest absolute Gasteiger partial charge is 0.360 e. The quantitative estimate of drug-likeness (QED) is 0.694. The summed E-state index contributed by atoms with van der Waals surface area (Å²) < 4.78 is 1.63. The molecule has 1 unspecified atom stereocenters. The monoisotopic (exact) mass is 437 g/mol. The lowest BCUT2D eigenvalue weighted by Gasteiger charge is -2.58. The number of nitrogens with zero attached hydrogens (tertiary/aromatic N) is 3. The summed E-state index contributed by atoms with van der Waals surface area (Å²) in [5.74, 6) is 2.56. The third kappa shape index (κ3) is 3.76. The zero-order valence-corrected chi connectivity index (χ0v) is 19.2. The van der Waals surface area contributed by atoms with Gasteiger partial charge in [0.25, 0.3) is 5.56 Å². The van der Waals surface area contributed by atoms with Crippen molar-refractivity contribution in [2.75, 3.05) is 6.54 Å². The number of hydrogen-bond donors (Lipinski definition) is 1. The average molecular weight is 438 g/mol. The molecule has 1 N–H and O–H groups in total. The molecule has 5 rings (SSSR count). The summed E-state index contributed by atoms with van der Waals surface area (Å²) in [6.45, 7) is 6.44. The predicted molar refractivity (Wildman–Crippen MR) is 125 cm³/mol. The van der Waals surface area contributed by atoms with E-state index in [4.69, 9.17) is 0 Å². The first kappa shape index (κ1) is 21.6. The van der Waals surface area contributed by atoms with Gasteiger partial charge in [0, 0.05) is 18.6 Å². The van der Waals surface area contributed by atoms with Gasteiger partial charge in [-0.1, -0.05) is 25.5 Å². The standard InChI is InChI=1S/C26H35N3O3/c1-16-14-19-15-18(23(16)19)10-12-28-17(2)6-5-7-20(28)11-13-29-22-9-4-3-8-21(22)27-24(25(29)30)26(31)32/h3-4,8-9,16-20,23H,5-7,10-15H2,1-2H3,(H,31,32)/t16-,17+,18+,19-,20+,23?/m0/s1. The molecule has 1 aliphatic heterocycles. The van der Waals surface area contributed by atoms with Gasteiger partial charge in [-0.05, 0) is 87.8 Å². The fraction of sp³-hybridized carbons (Fsp3) is 0.654. The van der Waals surface area contributed by atoms with E-state index < -0.39 is 11.5 Å². The highest BCUT2D eigenvalue weighted by Gasteiger charge is 2.51. The van der Waals surface area contributed by atoms with Crippen molar-refractivity contribution in [1.29, 1.82) is 0 Å². The first-order valence-corrected chi connectivity index (χ1v) is 12.4. The minimum absolute atomic E-state index is 0.383. The summed E-state index contributed by atoms with van der Waals surface area (Å²) in [7, 11) is 0. The first-order chi connectivity index (χ1) is 15.4. The first-order valence-electron chi connectivity index (χ1n) is 12.4. The SMILES string of the molecule is C[C@@H]1CCC[C@H](CCn2c(=O)c(C(=O)O)nc3ccccc32)N1CC[C@@H]1C[C@@H]2C[C@H](C)C12. The zero-order valence-electron chi connectivity index (χ0n) is 19.2. The molecule has 3 aliphatic rings. The van der Waals surface area contributed by atoms with Crippen LogP contribution in [-0.2, 0) is 6.54 Å². The van der Waals surface area contributed by atoms with Crippen molar-refractivity contribution in [2.24, 2.45) is 23.7 Å². The van der Waals surface area contributed by atoms with E-state index in [-0.39, 0.29) is 5.69 Å². The van der Waals surface area contributed by atoms with E-state index in [1.54, 1.807) is 10.6 Å². The second-order valence-corrected chi connectivity index (χ2v) is 10.5. The molecule has 172 valence electrons. The van der Waals surface area contributed by atoms with Crippen molar-refractivity contribution in [3.8, 4) is 0 Å². The lowest BCUT2D eigenvalue weighted by molar-refractivity contribution is -0.0895. The number of para-hydroxylation sites is 2. The molecule has 6 heteroatoms. The Morgan fingerprint density at radius 2 is 1.94 bits per heavy atom. The van der Waals surface area contributed by atoms with Crippen LogP contribution in [0, 0.1) is 23.7 Å². The van der Waals surface area contributed by atoms with E-state index in [0.717, 1.165) is 48.6 Å². The van der Waals surface area contributed by atoms with Crippen LogP contribution in [0.5, 0.6) is 0 Å². The number of piperidine rings is 1.